The van der Waals surface area contributed by atoms with Crippen molar-refractivity contribution in [2.75, 3.05) is 0 Å². The highest BCUT2D eigenvalue weighted by molar-refractivity contribution is 8.14. The number of amides is 2. The SMILES string of the molecule is CC(C)C[C@H](NC(=O)c1ccccc1SC(=O)c1c(F)cccc1F)C(N)=O. The molecule has 3 N–H and O–H groups in total. The quantitative estimate of drug-likeness (QED) is 0.689. The van der Waals surface area contributed by atoms with Gasteiger partial charge in [0.15, 0.2) is 0 Å². The van der Waals surface area contributed by atoms with Crippen molar-refractivity contribution >= 4 is 28.7 Å². The highest BCUT2D eigenvalue weighted by atomic mass is 32.2. The summed E-state index contributed by atoms with van der Waals surface area (Å²) in [5.41, 5.74) is 4.76. The molecule has 28 heavy (non-hydrogen) atoms. The molecule has 2 rings (SSSR count). The van der Waals surface area contributed by atoms with Crippen LogP contribution in [0.15, 0.2) is 47.4 Å². The summed E-state index contributed by atoms with van der Waals surface area (Å²) in [6.45, 7) is 3.76. The van der Waals surface area contributed by atoms with Gasteiger partial charge in [-0.3, -0.25) is 14.4 Å². The number of primary amides is 1. The molecule has 0 saturated carbocycles. The summed E-state index contributed by atoms with van der Waals surface area (Å²) in [5.74, 6) is -3.12. The first-order valence-electron chi connectivity index (χ1n) is 8.56. The van der Waals surface area contributed by atoms with Crippen LogP contribution >= 0.6 is 11.8 Å². The van der Waals surface area contributed by atoms with Gasteiger partial charge in [0.25, 0.3) is 5.91 Å². The maximum absolute atomic E-state index is 13.8. The summed E-state index contributed by atoms with van der Waals surface area (Å²) >= 11 is 0.533. The van der Waals surface area contributed by atoms with Gasteiger partial charge in [-0.05, 0) is 48.4 Å². The van der Waals surface area contributed by atoms with Gasteiger partial charge in [-0.2, -0.15) is 0 Å². The molecule has 0 radical (unpaired) electrons. The van der Waals surface area contributed by atoms with Crippen LogP contribution in [0.25, 0.3) is 0 Å². The lowest BCUT2D eigenvalue weighted by Crippen LogP contribution is -2.45. The Hall–Kier alpha value is -2.74. The van der Waals surface area contributed by atoms with Crippen LogP contribution in [-0.2, 0) is 4.79 Å². The van der Waals surface area contributed by atoms with E-state index in [4.69, 9.17) is 5.73 Å². The second-order valence-corrected chi connectivity index (χ2v) is 7.56. The van der Waals surface area contributed by atoms with E-state index < -0.39 is 40.2 Å². The van der Waals surface area contributed by atoms with Gasteiger partial charge < -0.3 is 11.1 Å². The molecule has 0 aromatic heterocycles. The van der Waals surface area contributed by atoms with Crippen LogP contribution in [0.1, 0.15) is 41.0 Å². The number of halogens is 2. The summed E-state index contributed by atoms with van der Waals surface area (Å²) in [6.07, 6.45) is 0.357. The number of carbonyl (C=O) groups excluding carboxylic acids is 3. The molecule has 0 spiro atoms. The van der Waals surface area contributed by atoms with E-state index in [1.807, 2.05) is 13.8 Å². The lowest BCUT2D eigenvalue weighted by atomic mass is 10.0. The Morgan fingerprint density at radius 1 is 1.04 bits per heavy atom. The fourth-order valence-electron chi connectivity index (χ4n) is 2.54. The van der Waals surface area contributed by atoms with Crippen LogP contribution in [0.3, 0.4) is 0 Å². The van der Waals surface area contributed by atoms with Crippen LogP contribution in [-0.4, -0.2) is 23.0 Å². The number of thioether (sulfide) groups is 1. The highest BCUT2D eigenvalue weighted by Gasteiger charge is 2.24. The molecule has 0 heterocycles. The van der Waals surface area contributed by atoms with Crippen molar-refractivity contribution in [3.05, 3.63) is 65.2 Å². The van der Waals surface area contributed by atoms with E-state index in [1.54, 1.807) is 12.1 Å². The maximum atomic E-state index is 13.8. The summed E-state index contributed by atoms with van der Waals surface area (Å²) in [4.78, 5) is 36.8. The summed E-state index contributed by atoms with van der Waals surface area (Å²) in [7, 11) is 0. The van der Waals surface area contributed by atoms with Crippen molar-refractivity contribution in [3.63, 3.8) is 0 Å². The number of benzene rings is 2. The van der Waals surface area contributed by atoms with Gasteiger partial charge in [0.2, 0.25) is 11.0 Å². The monoisotopic (exact) mass is 406 g/mol. The van der Waals surface area contributed by atoms with E-state index in [-0.39, 0.29) is 16.4 Å². The number of rotatable bonds is 7. The average Bonchev–Trinajstić information content (AvgIpc) is 2.60. The molecule has 0 bridgehead atoms. The zero-order chi connectivity index (χ0) is 20.8. The van der Waals surface area contributed by atoms with Crippen LogP contribution in [0.5, 0.6) is 0 Å². The summed E-state index contributed by atoms with van der Waals surface area (Å²) in [5, 5.41) is 1.68. The standard InChI is InChI=1S/C20H20F2N2O3S/c1-11(2)10-15(18(23)25)24-19(26)12-6-3-4-9-16(12)28-20(27)17-13(21)7-5-8-14(17)22/h3-9,11,15H,10H2,1-2H3,(H2,23,25)(H,24,26)/t15-/m0/s1. The third kappa shape index (κ3) is 5.39. The molecule has 148 valence electrons. The van der Waals surface area contributed by atoms with Crippen LogP contribution < -0.4 is 11.1 Å². The lowest BCUT2D eigenvalue weighted by molar-refractivity contribution is -0.120. The molecule has 5 nitrogen and oxygen atoms in total. The van der Waals surface area contributed by atoms with E-state index in [0.717, 1.165) is 18.2 Å². The molecule has 0 aliphatic rings. The molecule has 0 unspecified atom stereocenters. The number of nitrogens with two attached hydrogens (primary N) is 1. The van der Waals surface area contributed by atoms with Crippen molar-refractivity contribution in [2.45, 2.75) is 31.2 Å². The van der Waals surface area contributed by atoms with Gasteiger partial charge in [0.1, 0.15) is 23.2 Å². The highest BCUT2D eigenvalue weighted by Crippen LogP contribution is 2.28. The van der Waals surface area contributed by atoms with Crippen LogP contribution in [0.2, 0.25) is 0 Å². The Morgan fingerprint density at radius 2 is 1.64 bits per heavy atom. The Labute approximate surface area is 165 Å². The van der Waals surface area contributed by atoms with E-state index in [0.29, 0.717) is 18.2 Å². The smallest absolute Gasteiger partial charge is 0.253 e. The molecule has 0 fully saturated rings. The van der Waals surface area contributed by atoms with E-state index in [9.17, 15) is 23.2 Å². The first kappa shape index (κ1) is 21.6. The predicted octanol–water partition coefficient (Wildman–Crippen LogP) is 3.53. The van der Waals surface area contributed by atoms with Gasteiger partial charge in [-0.1, -0.05) is 32.0 Å². The first-order valence-corrected chi connectivity index (χ1v) is 9.37. The minimum atomic E-state index is -0.981. The minimum absolute atomic E-state index is 0.104. The second-order valence-electron chi connectivity index (χ2n) is 6.54. The van der Waals surface area contributed by atoms with E-state index >= 15 is 0 Å². The van der Waals surface area contributed by atoms with Crippen molar-refractivity contribution in [3.8, 4) is 0 Å². The average molecular weight is 406 g/mol. The van der Waals surface area contributed by atoms with Gasteiger partial charge >= 0.3 is 0 Å². The van der Waals surface area contributed by atoms with Crippen molar-refractivity contribution in [1.29, 1.82) is 0 Å². The Bertz CT molecular complexity index is 883. The molecule has 8 heteroatoms. The van der Waals surface area contributed by atoms with Gasteiger partial charge in [-0.25, -0.2) is 8.78 Å². The van der Waals surface area contributed by atoms with Crippen LogP contribution in [0, 0.1) is 17.6 Å². The number of hydrogen-bond acceptors (Lipinski definition) is 4. The normalized spacial score (nSPS) is 11.9. The number of nitrogens with one attached hydrogen (secondary N) is 1. The van der Waals surface area contributed by atoms with Gasteiger partial charge in [0, 0.05) is 4.90 Å². The molecule has 0 aliphatic carbocycles. The number of hydrogen-bond donors (Lipinski definition) is 2. The topological polar surface area (TPSA) is 89.3 Å². The third-order valence-electron chi connectivity index (χ3n) is 3.86. The zero-order valence-corrected chi connectivity index (χ0v) is 16.2. The molecular weight excluding hydrogens is 386 g/mol. The number of carbonyl (C=O) groups is 3. The lowest BCUT2D eigenvalue weighted by Gasteiger charge is -2.18. The second kappa shape index (κ2) is 9.45. The molecular formula is C20H20F2N2O3S. The van der Waals surface area contributed by atoms with Crippen molar-refractivity contribution in [2.24, 2.45) is 11.7 Å². The fraction of sp³-hybridized carbons (Fsp3) is 0.250. The van der Waals surface area contributed by atoms with Gasteiger partial charge in [0.05, 0.1) is 5.56 Å². The minimum Gasteiger partial charge on any atom is -0.368 e. The largest absolute Gasteiger partial charge is 0.368 e. The van der Waals surface area contributed by atoms with E-state index in [1.165, 1.54) is 12.1 Å². The Kier molecular flexibility index (Phi) is 7.28. The molecule has 2 aromatic rings. The third-order valence-corrected chi connectivity index (χ3v) is 4.82. The van der Waals surface area contributed by atoms with Crippen LogP contribution in [0.4, 0.5) is 8.78 Å². The predicted molar refractivity (Wildman–Crippen MR) is 103 cm³/mol. The summed E-state index contributed by atoms with van der Waals surface area (Å²) in [6, 6.07) is 8.36. The van der Waals surface area contributed by atoms with Crippen molar-refractivity contribution < 1.29 is 23.2 Å². The Balaban J connectivity index is 2.26. The fourth-order valence-corrected chi connectivity index (χ4v) is 3.45. The Morgan fingerprint density at radius 3 is 2.21 bits per heavy atom. The van der Waals surface area contributed by atoms with E-state index in [2.05, 4.69) is 5.32 Å². The first-order chi connectivity index (χ1) is 13.2. The molecule has 1 atom stereocenters. The van der Waals surface area contributed by atoms with Crippen molar-refractivity contribution in [1.82, 2.24) is 5.32 Å². The van der Waals surface area contributed by atoms with Gasteiger partial charge in [-0.15, -0.1) is 0 Å². The molecule has 0 saturated heterocycles. The molecule has 2 amide bonds. The zero-order valence-electron chi connectivity index (χ0n) is 15.4. The summed E-state index contributed by atoms with van der Waals surface area (Å²) < 4.78 is 27.7. The molecule has 2 aromatic carbocycles. The molecule has 0 aliphatic heterocycles. The maximum Gasteiger partial charge on any atom is 0.253 e.